The molecule has 98 valence electrons. The third-order valence-electron chi connectivity index (χ3n) is 3.01. The van der Waals surface area contributed by atoms with Gasteiger partial charge in [-0.15, -0.1) is 11.3 Å². The van der Waals surface area contributed by atoms with Gasteiger partial charge in [-0.25, -0.2) is 4.98 Å². The maximum absolute atomic E-state index is 4.35. The lowest BCUT2D eigenvalue weighted by atomic mass is 10.0. The van der Waals surface area contributed by atoms with E-state index in [2.05, 4.69) is 48.4 Å². The molecule has 1 N–H and O–H groups in total. The Morgan fingerprint density at radius 3 is 2.76 bits per heavy atom. The van der Waals surface area contributed by atoms with Crippen LogP contribution >= 0.6 is 11.3 Å². The van der Waals surface area contributed by atoms with Crippen LogP contribution in [0.15, 0.2) is 10.9 Å². The number of aromatic nitrogens is 1. The molecule has 1 aromatic heterocycles. The summed E-state index contributed by atoms with van der Waals surface area (Å²) in [7, 11) is 2.19. The minimum absolute atomic E-state index is 0.572. The van der Waals surface area contributed by atoms with Crippen LogP contribution in [0.2, 0.25) is 0 Å². The van der Waals surface area contributed by atoms with E-state index in [-0.39, 0.29) is 0 Å². The molecule has 0 radical (unpaired) electrons. The second kappa shape index (κ2) is 7.80. The molecule has 4 heteroatoms. The minimum atomic E-state index is 0.572. The Balaban J connectivity index is 2.45. The van der Waals surface area contributed by atoms with Crippen molar-refractivity contribution in [3.05, 3.63) is 16.6 Å². The van der Waals surface area contributed by atoms with Crippen molar-refractivity contribution in [3.8, 4) is 0 Å². The van der Waals surface area contributed by atoms with Gasteiger partial charge in [-0.3, -0.25) is 4.90 Å². The maximum atomic E-state index is 4.35. The molecule has 0 saturated heterocycles. The third kappa shape index (κ3) is 5.15. The molecular formula is C13H25N3S. The Kier molecular flexibility index (Phi) is 6.70. The fourth-order valence-electron chi connectivity index (χ4n) is 2.02. The molecule has 0 aliphatic carbocycles. The summed E-state index contributed by atoms with van der Waals surface area (Å²) >= 11 is 1.67. The van der Waals surface area contributed by atoms with Crippen molar-refractivity contribution in [1.29, 1.82) is 0 Å². The van der Waals surface area contributed by atoms with E-state index in [1.807, 2.05) is 5.51 Å². The van der Waals surface area contributed by atoms with Gasteiger partial charge in [0.15, 0.2) is 0 Å². The first kappa shape index (κ1) is 14.6. The molecule has 0 aliphatic heterocycles. The standard InChI is InChI=1S/C13H25N3S/c1-5-6-14-7-13(11(2)3)16(4)8-12-9-17-10-15-12/h9-11,13-14H,5-8H2,1-4H3. The Labute approximate surface area is 109 Å². The lowest BCUT2D eigenvalue weighted by Gasteiger charge is -2.31. The summed E-state index contributed by atoms with van der Waals surface area (Å²) in [6.07, 6.45) is 1.20. The number of rotatable bonds is 8. The van der Waals surface area contributed by atoms with Crippen molar-refractivity contribution in [2.24, 2.45) is 5.92 Å². The smallest absolute Gasteiger partial charge is 0.0795 e. The van der Waals surface area contributed by atoms with E-state index < -0.39 is 0 Å². The summed E-state index contributed by atoms with van der Waals surface area (Å²) < 4.78 is 0. The zero-order valence-electron chi connectivity index (χ0n) is 11.4. The van der Waals surface area contributed by atoms with Crippen LogP contribution in [0.5, 0.6) is 0 Å². The number of hydrogen-bond donors (Lipinski definition) is 1. The number of nitrogens with one attached hydrogen (secondary N) is 1. The van der Waals surface area contributed by atoms with Gasteiger partial charge in [0.05, 0.1) is 11.2 Å². The lowest BCUT2D eigenvalue weighted by Crippen LogP contribution is -2.43. The Hall–Kier alpha value is -0.450. The molecule has 1 heterocycles. The van der Waals surface area contributed by atoms with Crippen LogP contribution < -0.4 is 5.32 Å². The highest BCUT2D eigenvalue weighted by molar-refractivity contribution is 7.07. The van der Waals surface area contributed by atoms with Gasteiger partial charge < -0.3 is 5.32 Å². The molecule has 0 aliphatic rings. The quantitative estimate of drug-likeness (QED) is 0.724. The molecular weight excluding hydrogens is 230 g/mol. The van der Waals surface area contributed by atoms with Crippen molar-refractivity contribution in [2.75, 3.05) is 20.1 Å². The molecule has 17 heavy (non-hydrogen) atoms. The van der Waals surface area contributed by atoms with E-state index in [4.69, 9.17) is 0 Å². The molecule has 0 spiro atoms. The van der Waals surface area contributed by atoms with Crippen LogP contribution in [-0.2, 0) is 6.54 Å². The normalized spacial score (nSPS) is 13.5. The van der Waals surface area contributed by atoms with E-state index >= 15 is 0 Å². The Bertz CT molecular complexity index is 285. The van der Waals surface area contributed by atoms with Crippen molar-refractivity contribution < 1.29 is 0 Å². The van der Waals surface area contributed by atoms with Crippen LogP contribution in [0.25, 0.3) is 0 Å². The van der Waals surface area contributed by atoms with Crippen LogP contribution in [0, 0.1) is 5.92 Å². The van der Waals surface area contributed by atoms with Gasteiger partial charge >= 0.3 is 0 Å². The monoisotopic (exact) mass is 255 g/mol. The first-order valence-electron chi connectivity index (χ1n) is 6.43. The van der Waals surface area contributed by atoms with Gasteiger partial charge in [-0.2, -0.15) is 0 Å². The number of hydrogen-bond acceptors (Lipinski definition) is 4. The molecule has 0 bridgehead atoms. The second-order valence-corrected chi connectivity index (χ2v) is 5.63. The van der Waals surface area contributed by atoms with Crippen LogP contribution in [-0.4, -0.2) is 36.1 Å². The highest BCUT2D eigenvalue weighted by Crippen LogP contribution is 2.12. The Morgan fingerprint density at radius 1 is 1.47 bits per heavy atom. The molecule has 1 unspecified atom stereocenters. The second-order valence-electron chi connectivity index (χ2n) is 4.91. The van der Waals surface area contributed by atoms with Gasteiger partial charge in [-0.1, -0.05) is 20.8 Å². The van der Waals surface area contributed by atoms with Gasteiger partial charge in [0, 0.05) is 24.5 Å². The van der Waals surface area contributed by atoms with E-state index in [1.165, 1.54) is 12.1 Å². The van der Waals surface area contributed by atoms with Crippen LogP contribution in [0.1, 0.15) is 32.9 Å². The van der Waals surface area contributed by atoms with E-state index in [1.54, 1.807) is 11.3 Å². The average Bonchev–Trinajstić information content (AvgIpc) is 2.76. The molecule has 0 saturated carbocycles. The highest BCUT2D eigenvalue weighted by atomic mass is 32.1. The highest BCUT2D eigenvalue weighted by Gasteiger charge is 2.18. The van der Waals surface area contributed by atoms with E-state index in [9.17, 15) is 0 Å². The molecule has 1 atom stereocenters. The molecule has 0 aromatic carbocycles. The fraction of sp³-hybridized carbons (Fsp3) is 0.769. The molecule has 0 amide bonds. The van der Waals surface area contributed by atoms with E-state index in [0.29, 0.717) is 12.0 Å². The summed E-state index contributed by atoms with van der Waals surface area (Å²) in [5.41, 5.74) is 3.08. The van der Waals surface area contributed by atoms with Crippen LogP contribution in [0.4, 0.5) is 0 Å². The van der Waals surface area contributed by atoms with Crippen molar-refractivity contribution in [2.45, 2.75) is 39.8 Å². The maximum Gasteiger partial charge on any atom is 0.0795 e. The van der Waals surface area contributed by atoms with Gasteiger partial charge in [-0.05, 0) is 25.9 Å². The van der Waals surface area contributed by atoms with Crippen molar-refractivity contribution in [3.63, 3.8) is 0 Å². The fourth-order valence-corrected chi connectivity index (χ4v) is 2.57. The first-order chi connectivity index (χ1) is 8.15. The summed E-state index contributed by atoms with van der Waals surface area (Å²) in [5.74, 6) is 0.656. The minimum Gasteiger partial charge on any atom is -0.315 e. The third-order valence-corrected chi connectivity index (χ3v) is 3.65. The van der Waals surface area contributed by atoms with Gasteiger partial charge in [0.2, 0.25) is 0 Å². The van der Waals surface area contributed by atoms with Gasteiger partial charge in [0.1, 0.15) is 0 Å². The topological polar surface area (TPSA) is 28.2 Å². The average molecular weight is 255 g/mol. The summed E-state index contributed by atoms with van der Waals surface area (Å²) in [6, 6.07) is 0.572. The SMILES string of the molecule is CCCNCC(C(C)C)N(C)Cc1cscn1. The van der Waals surface area contributed by atoms with Crippen LogP contribution in [0.3, 0.4) is 0 Å². The summed E-state index contributed by atoms with van der Waals surface area (Å²) in [4.78, 5) is 6.76. The zero-order chi connectivity index (χ0) is 12.7. The number of nitrogens with zero attached hydrogens (tertiary/aromatic N) is 2. The molecule has 1 aromatic rings. The summed E-state index contributed by atoms with van der Waals surface area (Å²) in [5, 5.41) is 5.65. The lowest BCUT2D eigenvalue weighted by molar-refractivity contribution is 0.178. The van der Waals surface area contributed by atoms with E-state index in [0.717, 1.165) is 19.6 Å². The van der Waals surface area contributed by atoms with Crippen molar-refractivity contribution in [1.82, 2.24) is 15.2 Å². The molecule has 3 nitrogen and oxygen atoms in total. The summed E-state index contributed by atoms with van der Waals surface area (Å²) in [6.45, 7) is 9.89. The number of likely N-dealkylation sites (N-methyl/N-ethyl adjacent to an activating group) is 1. The van der Waals surface area contributed by atoms with Crippen molar-refractivity contribution >= 4 is 11.3 Å². The zero-order valence-corrected chi connectivity index (χ0v) is 12.3. The predicted molar refractivity (Wildman–Crippen MR) is 75.4 cm³/mol. The molecule has 0 fully saturated rings. The predicted octanol–water partition coefficient (Wildman–Crippen LogP) is 2.60. The molecule has 1 rings (SSSR count). The largest absolute Gasteiger partial charge is 0.315 e. The van der Waals surface area contributed by atoms with Gasteiger partial charge in [0.25, 0.3) is 0 Å². The Morgan fingerprint density at radius 2 is 2.24 bits per heavy atom. The first-order valence-corrected chi connectivity index (χ1v) is 7.37. The number of thiazole rings is 1.